The summed E-state index contributed by atoms with van der Waals surface area (Å²) in [7, 11) is 0. The van der Waals surface area contributed by atoms with E-state index in [9.17, 15) is 5.11 Å². The van der Waals surface area contributed by atoms with Crippen LogP contribution in [-0.4, -0.2) is 14.7 Å². The van der Waals surface area contributed by atoms with Crippen molar-refractivity contribution in [1.29, 1.82) is 0 Å². The quantitative estimate of drug-likeness (QED) is 0.851. The minimum absolute atomic E-state index is 0.375. The van der Waals surface area contributed by atoms with E-state index in [1.165, 1.54) is 32.1 Å². The summed E-state index contributed by atoms with van der Waals surface area (Å²) in [5, 5.41) is 10.3. The Morgan fingerprint density at radius 1 is 1.41 bits per heavy atom. The molecule has 0 radical (unpaired) electrons. The van der Waals surface area contributed by atoms with Gasteiger partial charge in [-0.3, -0.25) is 0 Å². The standard InChI is InChI=1S/C14H24N2O/c1-2-9-16-10-8-15-14(16)13(17)11-12-6-4-3-5-7-12/h8,10,12-13,17H,2-7,9,11H2,1H3. The zero-order valence-electron chi connectivity index (χ0n) is 10.8. The first-order chi connectivity index (χ1) is 8.31. The van der Waals surface area contributed by atoms with Crippen LogP contribution in [0.15, 0.2) is 12.4 Å². The Balaban J connectivity index is 1.93. The van der Waals surface area contributed by atoms with E-state index >= 15 is 0 Å². The fourth-order valence-corrected chi connectivity index (χ4v) is 2.89. The largest absolute Gasteiger partial charge is 0.385 e. The molecule has 1 aromatic rings. The fourth-order valence-electron chi connectivity index (χ4n) is 2.89. The van der Waals surface area contributed by atoms with Gasteiger partial charge in [-0.2, -0.15) is 0 Å². The van der Waals surface area contributed by atoms with Crippen LogP contribution in [0.4, 0.5) is 0 Å². The van der Waals surface area contributed by atoms with Gasteiger partial charge in [0.05, 0.1) is 0 Å². The Hall–Kier alpha value is -0.830. The Morgan fingerprint density at radius 3 is 2.88 bits per heavy atom. The molecule has 0 spiro atoms. The number of nitrogens with zero attached hydrogens (tertiary/aromatic N) is 2. The van der Waals surface area contributed by atoms with Crippen LogP contribution in [0.5, 0.6) is 0 Å². The second kappa shape index (κ2) is 6.20. The van der Waals surface area contributed by atoms with E-state index in [0.29, 0.717) is 5.92 Å². The summed E-state index contributed by atoms with van der Waals surface area (Å²) in [5.74, 6) is 1.56. The van der Waals surface area contributed by atoms with E-state index in [1.807, 2.05) is 6.20 Å². The van der Waals surface area contributed by atoms with Crippen molar-refractivity contribution in [2.75, 3.05) is 0 Å². The van der Waals surface area contributed by atoms with Crippen LogP contribution < -0.4 is 0 Å². The summed E-state index contributed by atoms with van der Waals surface area (Å²) in [4.78, 5) is 4.31. The Bertz CT molecular complexity index is 329. The van der Waals surface area contributed by atoms with Crippen molar-refractivity contribution in [3.63, 3.8) is 0 Å². The first-order valence-corrected chi connectivity index (χ1v) is 7.00. The van der Waals surface area contributed by atoms with Gasteiger partial charge in [0, 0.05) is 18.9 Å². The van der Waals surface area contributed by atoms with Gasteiger partial charge in [-0.15, -0.1) is 0 Å². The molecule has 1 N–H and O–H groups in total. The van der Waals surface area contributed by atoms with E-state index in [0.717, 1.165) is 25.2 Å². The minimum Gasteiger partial charge on any atom is -0.385 e. The molecular weight excluding hydrogens is 212 g/mol. The number of hydrogen-bond donors (Lipinski definition) is 1. The van der Waals surface area contributed by atoms with Gasteiger partial charge in [0.2, 0.25) is 0 Å². The molecule has 96 valence electrons. The van der Waals surface area contributed by atoms with Crippen LogP contribution in [0.25, 0.3) is 0 Å². The number of aromatic nitrogens is 2. The molecule has 1 fully saturated rings. The van der Waals surface area contributed by atoms with Crippen LogP contribution in [0, 0.1) is 5.92 Å². The lowest BCUT2D eigenvalue weighted by molar-refractivity contribution is 0.119. The van der Waals surface area contributed by atoms with E-state index in [1.54, 1.807) is 6.20 Å². The molecule has 0 aliphatic heterocycles. The Labute approximate surface area is 104 Å². The molecule has 0 saturated heterocycles. The molecule has 1 aromatic heterocycles. The molecule has 0 aromatic carbocycles. The van der Waals surface area contributed by atoms with Gasteiger partial charge in [-0.1, -0.05) is 39.0 Å². The first kappa shape index (κ1) is 12.6. The maximum absolute atomic E-state index is 10.3. The van der Waals surface area contributed by atoms with Crippen molar-refractivity contribution < 1.29 is 5.11 Å². The molecule has 0 bridgehead atoms. The molecule has 1 saturated carbocycles. The van der Waals surface area contributed by atoms with Crippen molar-refractivity contribution in [2.45, 2.75) is 64.5 Å². The topological polar surface area (TPSA) is 38.0 Å². The second-order valence-electron chi connectivity index (χ2n) is 5.23. The molecule has 3 heteroatoms. The third-order valence-electron chi connectivity index (χ3n) is 3.79. The molecule has 1 aliphatic carbocycles. The lowest BCUT2D eigenvalue weighted by Gasteiger charge is -2.24. The molecule has 2 rings (SSSR count). The Kier molecular flexibility index (Phi) is 4.60. The molecule has 1 unspecified atom stereocenters. The third-order valence-corrected chi connectivity index (χ3v) is 3.79. The second-order valence-corrected chi connectivity index (χ2v) is 5.23. The lowest BCUT2D eigenvalue weighted by atomic mass is 9.85. The van der Waals surface area contributed by atoms with Gasteiger partial charge in [-0.25, -0.2) is 4.98 Å². The average Bonchev–Trinajstić information content (AvgIpc) is 2.79. The van der Waals surface area contributed by atoms with Gasteiger partial charge in [0.1, 0.15) is 11.9 Å². The highest BCUT2D eigenvalue weighted by molar-refractivity contribution is 4.97. The van der Waals surface area contributed by atoms with Crippen LogP contribution in [0.1, 0.15) is 63.8 Å². The summed E-state index contributed by atoms with van der Waals surface area (Å²) in [5.41, 5.74) is 0. The van der Waals surface area contributed by atoms with E-state index < -0.39 is 0 Å². The summed E-state index contributed by atoms with van der Waals surface area (Å²) < 4.78 is 2.09. The number of hydrogen-bond acceptors (Lipinski definition) is 2. The van der Waals surface area contributed by atoms with Gasteiger partial charge in [0.25, 0.3) is 0 Å². The van der Waals surface area contributed by atoms with Crippen LogP contribution in [0.2, 0.25) is 0 Å². The maximum Gasteiger partial charge on any atom is 0.137 e. The zero-order chi connectivity index (χ0) is 12.1. The van der Waals surface area contributed by atoms with E-state index in [4.69, 9.17) is 0 Å². The predicted octanol–water partition coefficient (Wildman–Crippen LogP) is 3.30. The van der Waals surface area contributed by atoms with Gasteiger partial charge in [0.15, 0.2) is 0 Å². The molecule has 3 nitrogen and oxygen atoms in total. The predicted molar refractivity (Wildman–Crippen MR) is 68.7 cm³/mol. The van der Waals surface area contributed by atoms with Crippen LogP contribution in [-0.2, 0) is 6.54 Å². The zero-order valence-corrected chi connectivity index (χ0v) is 10.8. The lowest BCUT2D eigenvalue weighted by Crippen LogP contribution is -2.14. The number of rotatable bonds is 5. The molecule has 1 aliphatic rings. The molecule has 0 amide bonds. The monoisotopic (exact) mass is 236 g/mol. The van der Waals surface area contributed by atoms with Crippen LogP contribution in [0.3, 0.4) is 0 Å². The van der Waals surface area contributed by atoms with Gasteiger partial charge >= 0.3 is 0 Å². The van der Waals surface area contributed by atoms with Crippen molar-refractivity contribution in [1.82, 2.24) is 9.55 Å². The highest BCUT2D eigenvalue weighted by Crippen LogP contribution is 2.31. The third kappa shape index (κ3) is 3.32. The van der Waals surface area contributed by atoms with Crippen molar-refractivity contribution in [3.05, 3.63) is 18.2 Å². The number of aliphatic hydroxyl groups is 1. The number of aryl methyl sites for hydroxylation is 1. The molecule has 1 heterocycles. The van der Waals surface area contributed by atoms with E-state index in [-0.39, 0.29) is 6.10 Å². The number of aliphatic hydroxyl groups excluding tert-OH is 1. The molecule has 1 atom stereocenters. The summed E-state index contributed by atoms with van der Waals surface area (Å²) in [6.45, 7) is 3.11. The minimum atomic E-state index is -0.375. The number of imidazole rings is 1. The SMILES string of the molecule is CCCn1ccnc1C(O)CC1CCCCC1. The van der Waals surface area contributed by atoms with E-state index in [2.05, 4.69) is 16.5 Å². The average molecular weight is 236 g/mol. The summed E-state index contributed by atoms with van der Waals surface area (Å²) >= 11 is 0. The van der Waals surface area contributed by atoms with Crippen molar-refractivity contribution in [2.24, 2.45) is 5.92 Å². The van der Waals surface area contributed by atoms with Gasteiger partial charge in [-0.05, 0) is 18.8 Å². The highest BCUT2D eigenvalue weighted by Gasteiger charge is 2.21. The smallest absolute Gasteiger partial charge is 0.137 e. The summed E-state index contributed by atoms with van der Waals surface area (Å²) in [6.07, 6.45) is 12.0. The van der Waals surface area contributed by atoms with Crippen LogP contribution >= 0.6 is 0 Å². The molecular formula is C14H24N2O. The normalized spacial score (nSPS) is 19.4. The first-order valence-electron chi connectivity index (χ1n) is 7.00. The van der Waals surface area contributed by atoms with Gasteiger partial charge < -0.3 is 9.67 Å². The highest BCUT2D eigenvalue weighted by atomic mass is 16.3. The molecule has 17 heavy (non-hydrogen) atoms. The van der Waals surface area contributed by atoms with Crippen molar-refractivity contribution >= 4 is 0 Å². The Morgan fingerprint density at radius 2 is 2.18 bits per heavy atom. The fraction of sp³-hybridized carbons (Fsp3) is 0.786. The summed E-state index contributed by atoms with van der Waals surface area (Å²) in [6, 6.07) is 0. The van der Waals surface area contributed by atoms with Crippen molar-refractivity contribution in [3.8, 4) is 0 Å². The maximum atomic E-state index is 10.3.